The maximum atomic E-state index is 8.15. The molecule has 0 saturated heterocycles. The standard InChI is InChI=1S/C3H7NO2/c4-1-3(6)2-5/h1,5-6H,2,4H2/b3-1-. The van der Waals surface area contributed by atoms with E-state index in [9.17, 15) is 0 Å². The van der Waals surface area contributed by atoms with Gasteiger partial charge in [-0.05, 0) is 0 Å². The van der Waals surface area contributed by atoms with E-state index in [1.807, 2.05) is 0 Å². The predicted molar refractivity (Wildman–Crippen MR) is 22.0 cm³/mol. The summed E-state index contributed by atoms with van der Waals surface area (Å²) in [5.74, 6) is -0.199. The van der Waals surface area contributed by atoms with E-state index in [0.29, 0.717) is 0 Å². The molecule has 4 N–H and O–H groups in total. The van der Waals surface area contributed by atoms with Gasteiger partial charge in [0.25, 0.3) is 0 Å². The van der Waals surface area contributed by atoms with Crippen molar-refractivity contribution in [2.24, 2.45) is 5.73 Å². The van der Waals surface area contributed by atoms with Gasteiger partial charge in [0, 0.05) is 6.20 Å². The van der Waals surface area contributed by atoms with E-state index in [0.717, 1.165) is 6.20 Å². The second kappa shape index (κ2) is 2.53. The van der Waals surface area contributed by atoms with Gasteiger partial charge in [0.1, 0.15) is 12.4 Å². The number of aliphatic hydroxyl groups is 2. The van der Waals surface area contributed by atoms with E-state index in [-0.39, 0.29) is 12.4 Å². The Balaban J connectivity index is 3.22. The third-order valence-electron chi connectivity index (χ3n) is 0.354. The average Bonchev–Trinajstić information content (AvgIpc) is 1.65. The molecule has 0 aliphatic rings. The summed E-state index contributed by atoms with van der Waals surface area (Å²) >= 11 is 0. The van der Waals surface area contributed by atoms with Gasteiger partial charge in [-0.2, -0.15) is 0 Å². The molecule has 0 bridgehead atoms. The van der Waals surface area contributed by atoms with E-state index in [4.69, 9.17) is 15.9 Å². The van der Waals surface area contributed by atoms with Crippen molar-refractivity contribution in [1.82, 2.24) is 0 Å². The van der Waals surface area contributed by atoms with Crippen LogP contribution in [-0.2, 0) is 0 Å². The van der Waals surface area contributed by atoms with Crippen LogP contribution in [0.15, 0.2) is 12.0 Å². The zero-order valence-corrected chi connectivity index (χ0v) is 3.26. The maximum absolute atomic E-state index is 8.15. The molecule has 0 aromatic rings. The summed E-state index contributed by atoms with van der Waals surface area (Å²) < 4.78 is 0. The fourth-order valence-corrected chi connectivity index (χ4v) is 0.0527. The van der Waals surface area contributed by atoms with Gasteiger partial charge in [-0.15, -0.1) is 0 Å². The second-order valence-corrected chi connectivity index (χ2v) is 0.816. The van der Waals surface area contributed by atoms with E-state index in [2.05, 4.69) is 0 Å². The smallest absolute Gasteiger partial charge is 0.133 e. The highest BCUT2D eigenvalue weighted by molar-refractivity contribution is 4.84. The number of rotatable bonds is 1. The summed E-state index contributed by atoms with van der Waals surface area (Å²) in [7, 11) is 0. The quantitative estimate of drug-likeness (QED) is 0.373. The van der Waals surface area contributed by atoms with Crippen LogP contribution >= 0.6 is 0 Å². The Labute approximate surface area is 35.7 Å². The van der Waals surface area contributed by atoms with E-state index >= 15 is 0 Å². The Hall–Kier alpha value is -0.700. The summed E-state index contributed by atoms with van der Waals surface area (Å²) in [5.41, 5.74) is 4.71. The molecule has 0 atom stereocenters. The Kier molecular flexibility index (Phi) is 2.24. The first-order chi connectivity index (χ1) is 2.81. The summed E-state index contributed by atoms with van der Waals surface area (Å²) in [5, 5.41) is 16.1. The van der Waals surface area contributed by atoms with Crippen molar-refractivity contribution in [2.75, 3.05) is 6.61 Å². The molecule has 0 fully saturated rings. The molecular weight excluding hydrogens is 82.0 g/mol. The van der Waals surface area contributed by atoms with Gasteiger partial charge in [0.05, 0.1) is 0 Å². The second-order valence-electron chi connectivity index (χ2n) is 0.816. The molecule has 0 aromatic heterocycles. The molecule has 0 rings (SSSR count). The van der Waals surface area contributed by atoms with Crippen molar-refractivity contribution in [3.05, 3.63) is 12.0 Å². The summed E-state index contributed by atoms with van der Waals surface area (Å²) in [6, 6.07) is 0. The van der Waals surface area contributed by atoms with Gasteiger partial charge in [-0.3, -0.25) is 0 Å². The highest BCUT2D eigenvalue weighted by atomic mass is 16.3. The molecule has 6 heavy (non-hydrogen) atoms. The molecule has 0 aromatic carbocycles. The van der Waals surface area contributed by atoms with Crippen molar-refractivity contribution >= 4 is 0 Å². The Bertz CT molecular complexity index is 59.8. The zero-order chi connectivity index (χ0) is 4.99. The molecule has 0 amide bonds. The summed E-state index contributed by atoms with van der Waals surface area (Å²) in [4.78, 5) is 0. The molecule has 3 nitrogen and oxygen atoms in total. The van der Waals surface area contributed by atoms with Crippen LogP contribution < -0.4 is 5.73 Å². The minimum absolute atomic E-state index is 0.199. The SMILES string of the molecule is N/C=C(\O)CO. The first-order valence-electron chi connectivity index (χ1n) is 1.52. The van der Waals surface area contributed by atoms with E-state index in [1.54, 1.807) is 0 Å². The zero-order valence-electron chi connectivity index (χ0n) is 3.26. The lowest BCUT2D eigenvalue weighted by atomic mass is 10.6. The van der Waals surface area contributed by atoms with Gasteiger partial charge >= 0.3 is 0 Å². The third-order valence-corrected chi connectivity index (χ3v) is 0.354. The lowest BCUT2D eigenvalue weighted by Gasteiger charge is -1.84. The Morgan fingerprint density at radius 1 is 1.83 bits per heavy atom. The van der Waals surface area contributed by atoms with Crippen LogP contribution in [-0.4, -0.2) is 16.8 Å². The molecule has 36 valence electrons. The maximum Gasteiger partial charge on any atom is 0.133 e. The van der Waals surface area contributed by atoms with Crippen LogP contribution in [0.1, 0.15) is 0 Å². The third kappa shape index (κ3) is 1.60. The first kappa shape index (κ1) is 5.30. The molecule has 0 heterocycles. The van der Waals surface area contributed by atoms with Crippen molar-refractivity contribution in [3.8, 4) is 0 Å². The molecule has 0 unspecified atom stereocenters. The molecule has 3 heteroatoms. The van der Waals surface area contributed by atoms with Crippen LogP contribution in [0.25, 0.3) is 0 Å². The van der Waals surface area contributed by atoms with Crippen LogP contribution in [0.3, 0.4) is 0 Å². The van der Waals surface area contributed by atoms with Crippen LogP contribution in [0.2, 0.25) is 0 Å². The largest absolute Gasteiger partial charge is 0.508 e. The Morgan fingerprint density at radius 2 is 2.33 bits per heavy atom. The molecule has 0 aliphatic carbocycles. The van der Waals surface area contributed by atoms with E-state index < -0.39 is 0 Å². The summed E-state index contributed by atoms with van der Waals surface area (Å²) in [6.07, 6.45) is 0.944. The lowest BCUT2D eigenvalue weighted by molar-refractivity contribution is 0.252. The topological polar surface area (TPSA) is 66.5 Å². The van der Waals surface area contributed by atoms with Gasteiger partial charge in [0.2, 0.25) is 0 Å². The molecule has 0 radical (unpaired) electrons. The molecule has 0 spiro atoms. The van der Waals surface area contributed by atoms with Crippen LogP contribution in [0.4, 0.5) is 0 Å². The van der Waals surface area contributed by atoms with Gasteiger partial charge in [-0.1, -0.05) is 0 Å². The van der Waals surface area contributed by atoms with Crippen LogP contribution in [0, 0.1) is 0 Å². The normalized spacial score (nSPS) is 11.8. The van der Waals surface area contributed by atoms with Gasteiger partial charge in [0.15, 0.2) is 0 Å². The molecule has 0 saturated carbocycles. The number of nitrogens with two attached hydrogens (primary N) is 1. The number of aliphatic hydroxyl groups excluding tert-OH is 2. The number of hydrogen-bond acceptors (Lipinski definition) is 3. The Morgan fingerprint density at radius 3 is 2.33 bits per heavy atom. The van der Waals surface area contributed by atoms with E-state index in [1.165, 1.54) is 0 Å². The minimum atomic E-state index is -0.378. The average molecular weight is 89.1 g/mol. The van der Waals surface area contributed by atoms with Crippen molar-refractivity contribution in [1.29, 1.82) is 0 Å². The highest BCUT2D eigenvalue weighted by Gasteiger charge is 1.78. The van der Waals surface area contributed by atoms with Gasteiger partial charge < -0.3 is 15.9 Å². The van der Waals surface area contributed by atoms with Crippen molar-refractivity contribution in [3.63, 3.8) is 0 Å². The number of hydrogen-bond donors (Lipinski definition) is 3. The van der Waals surface area contributed by atoms with Crippen molar-refractivity contribution < 1.29 is 10.2 Å². The summed E-state index contributed by atoms with van der Waals surface area (Å²) in [6.45, 7) is -0.378. The molecular formula is C3H7NO2. The lowest BCUT2D eigenvalue weighted by Crippen LogP contribution is -1.91. The predicted octanol–water partition coefficient (Wildman–Crippen LogP) is -0.663. The minimum Gasteiger partial charge on any atom is -0.508 e. The monoisotopic (exact) mass is 89.0 g/mol. The fourth-order valence-electron chi connectivity index (χ4n) is 0.0527. The fraction of sp³-hybridized carbons (Fsp3) is 0.333. The first-order valence-corrected chi connectivity index (χ1v) is 1.52. The molecule has 0 aliphatic heterocycles. The van der Waals surface area contributed by atoms with Gasteiger partial charge in [-0.25, -0.2) is 0 Å². The highest BCUT2D eigenvalue weighted by Crippen LogP contribution is 1.74. The van der Waals surface area contributed by atoms with Crippen LogP contribution in [0.5, 0.6) is 0 Å². The van der Waals surface area contributed by atoms with Crippen molar-refractivity contribution in [2.45, 2.75) is 0 Å².